The van der Waals surface area contributed by atoms with Crippen molar-refractivity contribution in [1.82, 2.24) is 10.2 Å². The van der Waals surface area contributed by atoms with Gasteiger partial charge in [-0.25, -0.2) is 0 Å². The summed E-state index contributed by atoms with van der Waals surface area (Å²) in [4.78, 5) is 6.79. The van der Waals surface area contributed by atoms with Crippen LogP contribution in [0.1, 0.15) is 18.9 Å². The molecule has 4 nitrogen and oxygen atoms in total. The number of guanidine groups is 1. The highest BCUT2D eigenvalue weighted by atomic mass is 127. The molecule has 0 amide bonds. The first-order valence-corrected chi connectivity index (χ1v) is 8.81. The van der Waals surface area contributed by atoms with Crippen LogP contribution in [-0.2, 0) is 11.3 Å². The standard InChI is InChI=1S/C20H27N3O.HI/c1-3-24-15-17-10-11-23(14-17)20(21-2)22-13-16-8-9-18-6-4-5-7-19(18)12-16;/h4-9,12,17H,3,10-11,13-15H2,1-2H3,(H,21,22);1H. The summed E-state index contributed by atoms with van der Waals surface area (Å²) in [6.45, 7) is 6.58. The number of benzene rings is 2. The Kier molecular flexibility index (Phi) is 7.96. The van der Waals surface area contributed by atoms with Gasteiger partial charge in [0.25, 0.3) is 0 Å². The van der Waals surface area contributed by atoms with Crippen LogP contribution in [0.15, 0.2) is 47.5 Å². The van der Waals surface area contributed by atoms with Gasteiger partial charge in [0.1, 0.15) is 0 Å². The van der Waals surface area contributed by atoms with E-state index >= 15 is 0 Å². The quantitative estimate of drug-likeness (QED) is 0.424. The Labute approximate surface area is 167 Å². The molecule has 1 saturated heterocycles. The summed E-state index contributed by atoms with van der Waals surface area (Å²) in [5.74, 6) is 1.60. The van der Waals surface area contributed by atoms with Gasteiger partial charge in [0.15, 0.2) is 5.96 Å². The Morgan fingerprint density at radius 3 is 2.80 bits per heavy atom. The molecule has 1 aliphatic rings. The summed E-state index contributed by atoms with van der Waals surface area (Å²) in [6.07, 6.45) is 1.18. The lowest BCUT2D eigenvalue weighted by Gasteiger charge is -2.22. The Morgan fingerprint density at radius 1 is 1.24 bits per heavy atom. The van der Waals surface area contributed by atoms with E-state index in [0.29, 0.717) is 5.92 Å². The molecular weight excluding hydrogens is 425 g/mol. The van der Waals surface area contributed by atoms with Crippen molar-refractivity contribution >= 4 is 40.7 Å². The second-order valence-electron chi connectivity index (χ2n) is 6.34. The van der Waals surface area contributed by atoms with Crippen molar-refractivity contribution in [3.8, 4) is 0 Å². The van der Waals surface area contributed by atoms with E-state index in [4.69, 9.17) is 4.74 Å². The molecule has 0 aromatic heterocycles. The fraction of sp³-hybridized carbons (Fsp3) is 0.450. The van der Waals surface area contributed by atoms with E-state index < -0.39 is 0 Å². The predicted octanol–water partition coefficient (Wildman–Crippen LogP) is 3.89. The molecule has 1 atom stereocenters. The highest BCUT2D eigenvalue weighted by molar-refractivity contribution is 14.0. The Hall–Kier alpha value is -1.34. The third-order valence-corrected chi connectivity index (χ3v) is 4.62. The van der Waals surface area contributed by atoms with Gasteiger partial charge in [-0.3, -0.25) is 4.99 Å². The van der Waals surface area contributed by atoms with Gasteiger partial charge in [-0.1, -0.05) is 36.4 Å². The minimum Gasteiger partial charge on any atom is -0.381 e. The van der Waals surface area contributed by atoms with Crippen molar-refractivity contribution in [2.75, 3.05) is 33.4 Å². The summed E-state index contributed by atoms with van der Waals surface area (Å²) in [5, 5.41) is 6.07. The average Bonchev–Trinajstić information content (AvgIpc) is 3.09. The maximum Gasteiger partial charge on any atom is 0.193 e. The van der Waals surface area contributed by atoms with Crippen molar-refractivity contribution in [2.24, 2.45) is 10.9 Å². The molecule has 1 heterocycles. The highest BCUT2D eigenvalue weighted by Crippen LogP contribution is 2.18. The fourth-order valence-electron chi connectivity index (χ4n) is 3.31. The zero-order chi connectivity index (χ0) is 16.8. The summed E-state index contributed by atoms with van der Waals surface area (Å²) >= 11 is 0. The van der Waals surface area contributed by atoms with Gasteiger partial charge < -0.3 is 15.0 Å². The number of hydrogen-bond acceptors (Lipinski definition) is 2. The summed E-state index contributed by atoms with van der Waals surface area (Å²) < 4.78 is 5.56. The van der Waals surface area contributed by atoms with E-state index in [1.165, 1.54) is 22.8 Å². The molecule has 2 aromatic rings. The van der Waals surface area contributed by atoms with E-state index in [-0.39, 0.29) is 24.0 Å². The molecule has 1 fully saturated rings. The average molecular weight is 453 g/mol. The van der Waals surface area contributed by atoms with Gasteiger partial charge in [0, 0.05) is 39.2 Å². The number of halogens is 1. The zero-order valence-electron chi connectivity index (χ0n) is 15.1. The number of nitrogens with zero attached hydrogens (tertiary/aromatic N) is 2. The van der Waals surface area contributed by atoms with Gasteiger partial charge in [0.2, 0.25) is 0 Å². The smallest absolute Gasteiger partial charge is 0.193 e. The molecule has 25 heavy (non-hydrogen) atoms. The number of rotatable bonds is 5. The SMILES string of the molecule is CCOCC1CCN(C(=NC)NCc2ccc3ccccc3c2)C1.I. The third kappa shape index (κ3) is 5.31. The van der Waals surface area contributed by atoms with Crippen LogP contribution in [0.4, 0.5) is 0 Å². The van der Waals surface area contributed by atoms with Crippen LogP contribution in [-0.4, -0.2) is 44.2 Å². The Balaban J connectivity index is 0.00000225. The molecule has 1 N–H and O–H groups in total. The summed E-state index contributed by atoms with van der Waals surface area (Å²) in [5.41, 5.74) is 1.28. The molecule has 0 spiro atoms. The van der Waals surface area contributed by atoms with Gasteiger partial charge in [-0.05, 0) is 35.7 Å². The molecule has 0 bridgehead atoms. The number of ether oxygens (including phenoxy) is 1. The molecule has 0 radical (unpaired) electrons. The van der Waals surface area contributed by atoms with Crippen LogP contribution in [0.25, 0.3) is 10.8 Å². The van der Waals surface area contributed by atoms with E-state index in [9.17, 15) is 0 Å². The molecule has 2 aromatic carbocycles. The topological polar surface area (TPSA) is 36.9 Å². The maximum absolute atomic E-state index is 5.56. The van der Waals surface area contributed by atoms with Crippen molar-refractivity contribution in [3.63, 3.8) is 0 Å². The van der Waals surface area contributed by atoms with Gasteiger partial charge in [-0.2, -0.15) is 0 Å². The molecule has 5 heteroatoms. The highest BCUT2D eigenvalue weighted by Gasteiger charge is 2.24. The molecule has 136 valence electrons. The van der Waals surface area contributed by atoms with Crippen LogP contribution < -0.4 is 5.32 Å². The first-order chi connectivity index (χ1) is 11.8. The number of aliphatic imine (C=N–C) groups is 1. The first-order valence-electron chi connectivity index (χ1n) is 8.81. The second-order valence-corrected chi connectivity index (χ2v) is 6.34. The van der Waals surface area contributed by atoms with Gasteiger partial charge in [-0.15, -0.1) is 24.0 Å². The van der Waals surface area contributed by atoms with Gasteiger partial charge >= 0.3 is 0 Å². The molecule has 1 unspecified atom stereocenters. The lowest BCUT2D eigenvalue weighted by atomic mass is 10.1. The molecule has 3 rings (SSSR count). The molecular formula is C20H28IN3O. The minimum atomic E-state index is 0. The number of hydrogen-bond donors (Lipinski definition) is 1. The lowest BCUT2D eigenvalue weighted by Crippen LogP contribution is -2.39. The van der Waals surface area contributed by atoms with Crippen molar-refractivity contribution < 1.29 is 4.74 Å². The molecule has 0 saturated carbocycles. The van der Waals surface area contributed by atoms with E-state index in [1.54, 1.807) is 0 Å². The van der Waals surface area contributed by atoms with Crippen molar-refractivity contribution in [3.05, 3.63) is 48.0 Å². The Morgan fingerprint density at radius 2 is 2.04 bits per heavy atom. The normalized spacial score (nSPS) is 17.6. The summed E-state index contributed by atoms with van der Waals surface area (Å²) in [7, 11) is 1.86. The fourth-order valence-corrected chi connectivity index (χ4v) is 3.31. The largest absolute Gasteiger partial charge is 0.381 e. The molecule has 0 aliphatic carbocycles. The van der Waals surface area contributed by atoms with Crippen molar-refractivity contribution in [1.29, 1.82) is 0 Å². The third-order valence-electron chi connectivity index (χ3n) is 4.62. The number of fused-ring (bicyclic) bond motifs is 1. The second kappa shape index (κ2) is 9.97. The van der Waals surface area contributed by atoms with Crippen LogP contribution in [0.2, 0.25) is 0 Å². The van der Waals surface area contributed by atoms with E-state index in [2.05, 4.69) is 64.6 Å². The zero-order valence-corrected chi connectivity index (χ0v) is 17.4. The maximum atomic E-state index is 5.56. The molecule has 1 aliphatic heterocycles. The summed E-state index contributed by atoms with van der Waals surface area (Å²) in [6, 6.07) is 15.1. The predicted molar refractivity (Wildman–Crippen MR) is 116 cm³/mol. The monoisotopic (exact) mass is 453 g/mol. The van der Waals surface area contributed by atoms with Crippen LogP contribution >= 0.6 is 24.0 Å². The van der Waals surface area contributed by atoms with E-state index in [0.717, 1.165) is 38.8 Å². The number of nitrogens with one attached hydrogen (secondary N) is 1. The van der Waals surface area contributed by atoms with Crippen molar-refractivity contribution in [2.45, 2.75) is 19.9 Å². The minimum absolute atomic E-state index is 0. The van der Waals surface area contributed by atoms with Crippen LogP contribution in [0.3, 0.4) is 0 Å². The van der Waals surface area contributed by atoms with Gasteiger partial charge in [0.05, 0.1) is 6.61 Å². The first kappa shape index (κ1) is 20.0. The van der Waals surface area contributed by atoms with Crippen LogP contribution in [0.5, 0.6) is 0 Å². The number of likely N-dealkylation sites (tertiary alicyclic amines) is 1. The van der Waals surface area contributed by atoms with E-state index in [1.807, 2.05) is 7.05 Å². The Bertz CT molecular complexity index is 704. The van der Waals surface area contributed by atoms with Crippen LogP contribution in [0, 0.1) is 5.92 Å². The lowest BCUT2D eigenvalue weighted by molar-refractivity contribution is 0.114.